The summed E-state index contributed by atoms with van der Waals surface area (Å²) in [6.45, 7) is 3.05. The predicted molar refractivity (Wildman–Crippen MR) is 79.9 cm³/mol. The molecule has 1 aromatic rings. The van der Waals surface area contributed by atoms with Crippen LogP contribution in [-0.2, 0) is 0 Å². The van der Waals surface area contributed by atoms with Gasteiger partial charge in [0.2, 0.25) is 0 Å². The van der Waals surface area contributed by atoms with Crippen molar-refractivity contribution in [1.29, 1.82) is 0 Å². The van der Waals surface area contributed by atoms with Gasteiger partial charge in [0, 0.05) is 18.8 Å². The molecule has 3 rings (SSSR count). The molecular weight excluding hydrogens is 250 g/mol. The first-order valence-electron chi connectivity index (χ1n) is 8.00. The van der Waals surface area contributed by atoms with Crippen LogP contribution in [-0.4, -0.2) is 30.1 Å². The van der Waals surface area contributed by atoms with Crippen LogP contribution in [0.25, 0.3) is 0 Å². The number of amides is 1. The Hall–Kier alpha value is -1.29. The van der Waals surface area contributed by atoms with Gasteiger partial charge in [0.1, 0.15) is 5.69 Å². The SMILES string of the molecule is O=C(NCCC1CCCNC1)c1cccn1C1CCC1. The van der Waals surface area contributed by atoms with E-state index in [0.29, 0.717) is 6.04 Å². The summed E-state index contributed by atoms with van der Waals surface area (Å²) >= 11 is 0. The van der Waals surface area contributed by atoms with Gasteiger partial charge in [-0.05, 0) is 69.7 Å². The average Bonchev–Trinajstić information content (AvgIpc) is 2.87. The molecule has 1 aliphatic carbocycles. The second-order valence-corrected chi connectivity index (χ2v) is 6.14. The van der Waals surface area contributed by atoms with Gasteiger partial charge in [0.25, 0.3) is 5.91 Å². The van der Waals surface area contributed by atoms with Crippen molar-refractivity contribution in [3.63, 3.8) is 0 Å². The molecule has 1 amide bonds. The van der Waals surface area contributed by atoms with E-state index in [-0.39, 0.29) is 5.91 Å². The zero-order chi connectivity index (χ0) is 13.8. The fourth-order valence-corrected chi connectivity index (χ4v) is 3.22. The summed E-state index contributed by atoms with van der Waals surface area (Å²) < 4.78 is 2.15. The minimum atomic E-state index is 0.0886. The topological polar surface area (TPSA) is 46.1 Å². The number of nitrogens with one attached hydrogen (secondary N) is 2. The third kappa shape index (κ3) is 3.06. The molecule has 0 bridgehead atoms. The lowest BCUT2D eigenvalue weighted by atomic mass is 9.93. The quantitative estimate of drug-likeness (QED) is 0.866. The molecule has 0 spiro atoms. The number of aromatic nitrogens is 1. The zero-order valence-electron chi connectivity index (χ0n) is 12.1. The van der Waals surface area contributed by atoms with Gasteiger partial charge in [-0.15, -0.1) is 0 Å². The molecule has 0 radical (unpaired) electrons. The van der Waals surface area contributed by atoms with Crippen LogP contribution in [0.3, 0.4) is 0 Å². The lowest BCUT2D eigenvalue weighted by Gasteiger charge is -2.28. The summed E-state index contributed by atoms with van der Waals surface area (Å²) in [6.07, 6.45) is 9.40. The van der Waals surface area contributed by atoms with Gasteiger partial charge >= 0.3 is 0 Å². The van der Waals surface area contributed by atoms with E-state index >= 15 is 0 Å². The number of nitrogens with zero attached hydrogens (tertiary/aromatic N) is 1. The molecule has 4 heteroatoms. The van der Waals surface area contributed by atoms with Crippen molar-refractivity contribution in [3.8, 4) is 0 Å². The Labute approximate surface area is 120 Å². The predicted octanol–water partition coefficient (Wildman–Crippen LogP) is 2.33. The summed E-state index contributed by atoms with van der Waals surface area (Å²) in [7, 11) is 0. The van der Waals surface area contributed by atoms with E-state index in [2.05, 4.69) is 15.2 Å². The van der Waals surface area contributed by atoms with Crippen LogP contribution in [0, 0.1) is 5.92 Å². The average molecular weight is 275 g/mol. The van der Waals surface area contributed by atoms with E-state index in [0.717, 1.165) is 37.7 Å². The van der Waals surface area contributed by atoms with Crippen LogP contribution >= 0.6 is 0 Å². The Morgan fingerprint density at radius 2 is 2.25 bits per heavy atom. The Morgan fingerprint density at radius 1 is 1.35 bits per heavy atom. The molecule has 1 aromatic heterocycles. The first-order valence-corrected chi connectivity index (χ1v) is 8.00. The van der Waals surface area contributed by atoms with Crippen molar-refractivity contribution in [2.24, 2.45) is 5.92 Å². The molecule has 2 heterocycles. The summed E-state index contributed by atoms with van der Waals surface area (Å²) in [4.78, 5) is 12.3. The van der Waals surface area contributed by atoms with Crippen molar-refractivity contribution >= 4 is 5.91 Å². The molecule has 1 saturated carbocycles. The normalized spacial score (nSPS) is 23.3. The monoisotopic (exact) mass is 275 g/mol. The lowest BCUT2D eigenvalue weighted by molar-refractivity contribution is 0.0935. The molecule has 1 atom stereocenters. The first kappa shape index (κ1) is 13.7. The Balaban J connectivity index is 1.47. The van der Waals surface area contributed by atoms with Crippen LogP contribution in [0.5, 0.6) is 0 Å². The fraction of sp³-hybridized carbons (Fsp3) is 0.688. The van der Waals surface area contributed by atoms with Crippen molar-refractivity contribution in [1.82, 2.24) is 15.2 Å². The van der Waals surface area contributed by atoms with Crippen LogP contribution < -0.4 is 10.6 Å². The second-order valence-electron chi connectivity index (χ2n) is 6.14. The van der Waals surface area contributed by atoms with Gasteiger partial charge in [-0.3, -0.25) is 4.79 Å². The van der Waals surface area contributed by atoms with Crippen LogP contribution in [0.15, 0.2) is 18.3 Å². The smallest absolute Gasteiger partial charge is 0.267 e. The maximum absolute atomic E-state index is 12.3. The minimum Gasteiger partial charge on any atom is -0.351 e. The van der Waals surface area contributed by atoms with Crippen molar-refractivity contribution in [2.45, 2.75) is 44.6 Å². The minimum absolute atomic E-state index is 0.0886. The largest absolute Gasteiger partial charge is 0.351 e. The van der Waals surface area contributed by atoms with Crippen LogP contribution in [0.1, 0.15) is 55.1 Å². The van der Waals surface area contributed by atoms with Crippen molar-refractivity contribution in [3.05, 3.63) is 24.0 Å². The molecule has 2 fully saturated rings. The molecule has 1 unspecified atom stereocenters. The molecule has 110 valence electrons. The van der Waals surface area contributed by atoms with E-state index in [1.807, 2.05) is 18.3 Å². The summed E-state index contributed by atoms with van der Waals surface area (Å²) in [5.41, 5.74) is 0.830. The number of rotatable bonds is 5. The second kappa shape index (κ2) is 6.44. The molecule has 2 aliphatic rings. The highest BCUT2D eigenvalue weighted by Crippen LogP contribution is 2.32. The third-order valence-corrected chi connectivity index (χ3v) is 4.72. The molecule has 4 nitrogen and oxygen atoms in total. The number of piperidine rings is 1. The van der Waals surface area contributed by atoms with Gasteiger partial charge in [0.05, 0.1) is 0 Å². The van der Waals surface area contributed by atoms with Crippen LogP contribution in [0.2, 0.25) is 0 Å². The Kier molecular flexibility index (Phi) is 4.41. The van der Waals surface area contributed by atoms with E-state index in [1.165, 1.54) is 32.1 Å². The van der Waals surface area contributed by atoms with Crippen molar-refractivity contribution in [2.75, 3.05) is 19.6 Å². The van der Waals surface area contributed by atoms with E-state index in [4.69, 9.17) is 0 Å². The van der Waals surface area contributed by atoms with Gasteiger partial charge in [0.15, 0.2) is 0 Å². The maximum Gasteiger partial charge on any atom is 0.267 e. The standard InChI is InChI=1S/C16H25N3O/c20-16(18-10-8-13-4-2-9-17-12-13)15-7-3-11-19(15)14-5-1-6-14/h3,7,11,13-14,17H,1-2,4-6,8-10,12H2,(H,18,20). The molecule has 20 heavy (non-hydrogen) atoms. The fourth-order valence-electron chi connectivity index (χ4n) is 3.22. The van der Waals surface area contributed by atoms with Gasteiger partial charge < -0.3 is 15.2 Å². The number of hydrogen-bond acceptors (Lipinski definition) is 2. The van der Waals surface area contributed by atoms with E-state index < -0.39 is 0 Å². The Morgan fingerprint density at radius 3 is 2.95 bits per heavy atom. The molecule has 1 saturated heterocycles. The number of carbonyl (C=O) groups is 1. The summed E-state index contributed by atoms with van der Waals surface area (Å²) in [5.74, 6) is 0.813. The van der Waals surface area contributed by atoms with Crippen LogP contribution in [0.4, 0.5) is 0 Å². The molecule has 1 aliphatic heterocycles. The van der Waals surface area contributed by atoms with Gasteiger partial charge in [-0.2, -0.15) is 0 Å². The van der Waals surface area contributed by atoms with Crippen molar-refractivity contribution < 1.29 is 4.79 Å². The summed E-state index contributed by atoms with van der Waals surface area (Å²) in [6, 6.07) is 4.47. The van der Waals surface area contributed by atoms with Gasteiger partial charge in [-0.1, -0.05) is 0 Å². The van der Waals surface area contributed by atoms with Gasteiger partial charge in [-0.25, -0.2) is 0 Å². The number of carbonyl (C=O) groups excluding carboxylic acids is 1. The van der Waals surface area contributed by atoms with E-state index in [1.54, 1.807) is 0 Å². The lowest BCUT2D eigenvalue weighted by Crippen LogP contribution is -2.34. The third-order valence-electron chi connectivity index (χ3n) is 4.72. The zero-order valence-corrected chi connectivity index (χ0v) is 12.1. The first-order chi connectivity index (χ1) is 9.84. The van der Waals surface area contributed by atoms with E-state index in [9.17, 15) is 4.79 Å². The highest BCUT2D eigenvalue weighted by atomic mass is 16.1. The summed E-state index contributed by atoms with van der Waals surface area (Å²) in [5, 5.41) is 6.51. The molecule has 0 aromatic carbocycles. The molecule has 2 N–H and O–H groups in total. The number of hydrogen-bond donors (Lipinski definition) is 2. The molecular formula is C16H25N3O. The highest BCUT2D eigenvalue weighted by Gasteiger charge is 2.23. The Bertz CT molecular complexity index is 444. The maximum atomic E-state index is 12.3. The highest BCUT2D eigenvalue weighted by molar-refractivity contribution is 5.92.